The standard InChI is InChI=1S/C9H20O2/c1-8(2,3)7-10-11-9(4,5)6/h7H2,1-6H3. The van der Waals surface area contributed by atoms with Crippen LogP contribution >= 0.6 is 0 Å². The average Bonchev–Trinajstić information content (AvgIpc) is 1.55. The molecule has 0 unspecified atom stereocenters. The van der Waals surface area contributed by atoms with Gasteiger partial charge in [-0.3, -0.25) is 0 Å². The summed E-state index contributed by atoms with van der Waals surface area (Å²) in [4.78, 5) is 10.2. The van der Waals surface area contributed by atoms with Gasteiger partial charge in [-0.05, 0) is 26.2 Å². The minimum Gasteiger partial charge on any atom is -0.236 e. The Labute approximate surface area is 69.8 Å². The number of hydrogen-bond acceptors (Lipinski definition) is 2. The molecule has 0 rings (SSSR count). The Morgan fingerprint density at radius 1 is 0.909 bits per heavy atom. The monoisotopic (exact) mass is 160 g/mol. The van der Waals surface area contributed by atoms with Crippen LogP contribution in [0.1, 0.15) is 41.5 Å². The lowest BCUT2D eigenvalue weighted by atomic mass is 9.99. The molecule has 0 aromatic heterocycles. The maximum atomic E-state index is 5.11. The Kier molecular flexibility index (Phi) is 3.52. The Balaban J connectivity index is 3.44. The Bertz CT molecular complexity index is 91.7. The summed E-state index contributed by atoms with van der Waals surface area (Å²) < 4.78 is 0. The summed E-state index contributed by atoms with van der Waals surface area (Å²) in [7, 11) is 0. The van der Waals surface area contributed by atoms with Crippen molar-refractivity contribution >= 4 is 0 Å². The molecule has 2 heteroatoms. The van der Waals surface area contributed by atoms with Gasteiger partial charge in [0, 0.05) is 0 Å². The van der Waals surface area contributed by atoms with Crippen molar-refractivity contribution in [2.45, 2.75) is 47.1 Å². The van der Waals surface area contributed by atoms with E-state index in [-0.39, 0.29) is 11.0 Å². The third kappa shape index (κ3) is 9.92. The first-order chi connectivity index (χ1) is 4.71. The fraction of sp³-hybridized carbons (Fsp3) is 1.00. The van der Waals surface area contributed by atoms with Crippen molar-refractivity contribution in [1.29, 1.82) is 0 Å². The van der Waals surface area contributed by atoms with Gasteiger partial charge >= 0.3 is 0 Å². The van der Waals surface area contributed by atoms with Gasteiger partial charge in [0.15, 0.2) is 0 Å². The summed E-state index contributed by atoms with van der Waals surface area (Å²) in [6.07, 6.45) is 0. The lowest BCUT2D eigenvalue weighted by molar-refractivity contribution is -0.357. The highest BCUT2D eigenvalue weighted by Crippen LogP contribution is 2.15. The van der Waals surface area contributed by atoms with Gasteiger partial charge in [0.05, 0.1) is 12.2 Å². The second kappa shape index (κ2) is 3.55. The largest absolute Gasteiger partial charge is 0.236 e. The van der Waals surface area contributed by atoms with E-state index < -0.39 is 0 Å². The summed E-state index contributed by atoms with van der Waals surface area (Å²) >= 11 is 0. The summed E-state index contributed by atoms with van der Waals surface area (Å²) in [5.41, 5.74) is -0.0312. The fourth-order valence-electron chi connectivity index (χ4n) is 0.383. The third-order valence-corrected chi connectivity index (χ3v) is 0.801. The summed E-state index contributed by atoms with van der Waals surface area (Å²) in [6, 6.07) is 0. The molecule has 0 spiro atoms. The van der Waals surface area contributed by atoms with E-state index in [0.717, 1.165) is 0 Å². The zero-order valence-electron chi connectivity index (χ0n) is 8.52. The Morgan fingerprint density at radius 3 is 1.64 bits per heavy atom. The molecule has 0 radical (unpaired) electrons. The van der Waals surface area contributed by atoms with Gasteiger partial charge in [0.1, 0.15) is 0 Å². The van der Waals surface area contributed by atoms with E-state index >= 15 is 0 Å². The van der Waals surface area contributed by atoms with Gasteiger partial charge in [0.2, 0.25) is 0 Å². The highest BCUT2D eigenvalue weighted by atomic mass is 17.2. The van der Waals surface area contributed by atoms with Gasteiger partial charge in [-0.2, -0.15) is 0 Å². The van der Waals surface area contributed by atoms with E-state index in [1.807, 2.05) is 20.8 Å². The van der Waals surface area contributed by atoms with Crippen LogP contribution in [0.3, 0.4) is 0 Å². The lowest BCUT2D eigenvalue weighted by Gasteiger charge is -2.22. The molecule has 0 bridgehead atoms. The van der Waals surface area contributed by atoms with Crippen LogP contribution in [0.2, 0.25) is 0 Å². The Morgan fingerprint density at radius 2 is 1.36 bits per heavy atom. The molecule has 11 heavy (non-hydrogen) atoms. The number of rotatable bonds is 2. The van der Waals surface area contributed by atoms with Crippen LogP contribution in [0.15, 0.2) is 0 Å². The molecule has 0 saturated heterocycles. The predicted molar refractivity (Wildman–Crippen MR) is 46.2 cm³/mol. The highest BCUT2D eigenvalue weighted by Gasteiger charge is 2.15. The first-order valence-electron chi connectivity index (χ1n) is 4.01. The first-order valence-corrected chi connectivity index (χ1v) is 4.01. The van der Waals surface area contributed by atoms with Crippen LogP contribution in [-0.2, 0) is 9.78 Å². The molecule has 0 saturated carbocycles. The lowest BCUT2D eigenvalue weighted by Crippen LogP contribution is -2.23. The number of hydrogen-bond donors (Lipinski definition) is 0. The summed E-state index contributed by atoms with van der Waals surface area (Å²) in [5, 5.41) is 0. The van der Waals surface area contributed by atoms with Crippen molar-refractivity contribution in [2.75, 3.05) is 6.61 Å². The van der Waals surface area contributed by atoms with Gasteiger partial charge in [-0.1, -0.05) is 20.8 Å². The Hall–Kier alpha value is -0.0800. The van der Waals surface area contributed by atoms with Gasteiger partial charge in [-0.15, -0.1) is 0 Å². The van der Waals surface area contributed by atoms with Crippen molar-refractivity contribution in [3.8, 4) is 0 Å². The van der Waals surface area contributed by atoms with Crippen LogP contribution in [0.5, 0.6) is 0 Å². The van der Waals surface area contributed by atoms with E-state index in [1.165, 1.54) is 0 Å². The average molecular weight is 160 g/mol. The van der Waals surface area contributed by atoms with E-state index in [4.69, 9.17) is 9.78 Å². The van der Waals surface area contributed by atoms with Crippen molar-refractivity contribution in [2.24, 2.45) is 5.41 Å². The summed E-state index contributed by atoms with van der Waals surface area (Å²) in [5.74, 6) is 0. The van der Waals surface area contributed by atoms with Gasteiger partial charge in [-0.25, -0.2) is 9.78 Å². The van der Waals surface area contributed by atoms with Gasteiger partial charge < -0.3 is 0 Å². The van der Waals surface area contributed by atoms with Crippen LogP contribution in [0.25, 0.3) is 0 Å². The van der Waals surface area contributed by atoms with Crippen LogP contribution in [0.4, 0.5) is 0 Å². The van der Waals surface area contributed by atoms with Crippen LogP contribution in [-0.4, -0.2) is 12.2 Å². The van der Waals surface area contributed by atoms with E-state index in [2.05, 4.69) is 20.8 Å². The molecule has 68 valence electrons. The summed E-state index contributed by atoms with van der Waals surface area (Å²) in [6.45, 7) is 12.9. The molecule has 0 aliphatic carbocycles. The first kappa shape index (κ1) is 10.9. The zero-order valence-corrected chi connectivity index (χ0v) is 8.52. The smallest absolute Gasteiger partial charge is 0.0952 e. The molecule has 0 aliphatic heterocycles. The maximum Gasteiger partial charge on any atom is 0.0952 e. The van der Waals surface area contributed by atoms with E-state index in [0.29, 0.717) is 6.61 Å². The van der Waals surface area contributed by atoms with Crippen molar-refractivity contribution in [3.63, 3.8) is 0 Å². The molecule has 0 fully saturated rings. The second-order valence-corrected chi connectivity index (χ2v) is 5.02. The molecule has 0 heterocycles. The van der Waals surface area contributed by atoms with Crippen molar-refractivity contribution in [1.82, 2.24) is 0 Å². The zero-order chi connectivity index (χ0) is 9.12. The molecular formula is C9H20O2. The highest BCUT2D eigenvalue weighted by molar-refractivity contribution is 4.59. The van der Waals surface area contributed by atoms with Crippen molar-refractivity contribution < 1.29 is 9.78 Å². The molecule has 0 aromatic carbocycles. The predicted octanol–water partition coefficient (Wildman–Crippen LogP) is 2.78. The fourth-order valence-corrected chi connectivity index (χ4v) is 0.383. The van der Waals surface area contributed by atoms with E-state index in [1.54, 1.807) is 0 Å². The molecule has 0 amide bonds. The quantitative estimate of drug-likeness (QED) is 0.457. The molecular weight excluding hydrogens is 140 g/mol. The normalized spacial score (nSPS) is 13.6. The van der Waals surface area contributed by atoms with Crippen molar-refractivity contribution in [3.05, 3.63) is 0 Å². The molecule has 0 aliphatic rings. The topological polar surface area (TPSA) is 18.5 Å². The molecule has 2 nitrogen and oxygen atoms in total. The molecule has 0 N–H and O–H groups in total. The minimum absolute atomic E-state index is 0.172. The van der Waals surface area contributed by atoms with Crippen LogP contribution < -0.4 is 0 Å². The minimum atomic E-state index is -0.203. The van der Waals surface area contributed by atoms with E-state index in [9.17, 15) is 0 Å². The SMILES string of the molecule is CC(C)(C)COOC(C)(C)C. The maximum absolute atomic E-state index is 5.11. The second-order valence-electron chi connectivity index (χ2n) is 5.02. The molecule has 0 aromatic rings. The van der Waals surface area contributed by atoms with Crippen LogP contribution in [0, 0.1) is 5.41 Å². The molecule has 0 atom stereocenters. The third-order valence-electron chi connectivity index (χ3n) is 0.801. The van der Waals surface area contributed by atoms with Gasteiger partial charge in [0.25, 0.3) is 0 Å².